The Kier molecular flexibility index (Phi) is 2.28. The molecule has 3 nitrogen and oxygen atoms in total. The van der Waals surface area contributed by atoms with Crippen LogP contribution >= 0.6 is 11.8 Å². The molecule has 2 aliphatic heterocycles. The van der Waals surface area contributed by atoms with Crippen molar-refractivity contribution < 1.29 is 4.79 Å². The molecule has 0 radical (unpaired) electrons. The van der Waals surface area contributed by atoms with Gasteiger partial charge in [0.1, 0.15) is 0 Å². The van der Waals surface area contributed by atoms with Crippen molar-refractivity contribution in [2.75, 3.05) is 11.5 Å². The number of carbonyl (C=O) groups excluding carboxylic acids is 1. The van der Waals surface area contributed by atoms with E-state index in [4.69, 9.17) is 0 Å². The second-order valence-corrected chi connectivity index (χ2v) is 4.62. The lowest BCUT2D eigenvalue weighted by Crippen LogP contribution is -2.61. The fourth-order valence-electron chi connectivity index (χ4n) is 1.88. The number of fused-ring (bicyclic) bond motifs is 1. The monoisotopic (exact) mass is 186 g/mol. The zero-order valence-electron chi connectivity index (χ0n) is 7.17. The van der Waals surface area contributed by atoms with Crippen molar-refractivity contribution in [2.24, 2.45) is 5.92 Å². The Balaban J connectivity index is 2.06. The third-order valence-electron chi connectivity index (χ3n) is 2.52. The van der Waals surface area contributed by atoms with E-state index < -0.39 is 0 Å². The van der Waals surface area contributed by atoms with Gasteiger partial charge >= 0.3 is 0 Å². The number of amides is 1. The van der Waals surface area contributed by atoms with Crippen LogP contribution in [-0.2, 0) is 4.79 Å². The minimum Gasteiger partial charge on any atom is -0.341 e. The van der Waals surface area contributed by atoms with Crippen LogP contribution in [0, 0.1) is 5.92 Å². The molecule has 0 aromatic carbocycles. The first-order chi connectivity index (χ1) is 5.77. The fraction of sp³-hybridized carbons (Fsp3) is 0.875. The molecular weight excluding hydrogens is 172 g/mol. The van der Waals surface area contributed by atoms with Gasteiger partial charge < -0.3 is 5.32 Å². The van der Waals surface area contributed by atoms with Gasteiger partial charge in [-0.15, -0.1) is 0 Å². The number of hydrogen-bond donors (Lipinski definition) is 2. The molecular formula is C8H14N2OS. The van der Waals surface area contributed by atoms with Gasteiger partial charge in [-0.05, 0) is 19.1 Å². The molecule has 0 aromatic rings. The van der Waals surface area contributed by atoms with Gasteiger partial charge in [0.05, 0.1) is 12.1 Å². The summed E-state index contributed by atoms with van der Waals surface area (Å²) in [6.45, 7) is 2.00. The molecule has 0 bridgehead atoms. The summed E-state index contributed by atoms with van der Waals surface area (Å²) >= 11 is 1.88. The average molecular weight is 186 g/mol. The Morgan fingerprint density at radius 1 is 1.58 bits per heavy atom. The van der Waals surface area contributed by atoms with Crippen molar-refractivity contribution in [3.05, 3.63) is 0 Å². The van der Waals surface area contributed by atoms with Crippen molar-refractivity contribution in [1.82, 2.24) is 10.6 Å². The van der Waals surface area contributed by atoms with Crippen molar-refractivity contribution >= 4 is 17.7 Å². The van der Waals surface area contributed by atoms with E-state index in [1.54, 1.807) is 0 Å². The van der Waals surface area contributed by atoms with Crippen LogP contribution in [0.4, 0.5) is 0 Å². The summed E-state index contributed by atoms with van der Waals surface area (Å²) in [7, 11) is 0. The molecule has 2 saturated heterocycles. The van der Waals surface area contributed by atoms with Gasteiger partial charge in [0.25, 0.3) is 0 Å². The van der Waals surface area contributed by atoms with E-state index in [0.29, 0.717) is 6.04 Å². The highest BCUT2D eigenvalue weighted by Crippen LogP contribution is 2.25. The topological polar surface area (TPSA) is 41.1 Å². The van der Waals surface area contributed by atoms with Gasteiger partial charge in [0.2, 0.25) is 5.91 Å². The molecule has 2 fully saturated rings. The molecule has 3 unspecified atom stereocenters. The van der Waals surface area contributed by atoms with E-state index >= 15 is 0 Å². The summed E-state index contributed by atoms with van der Waals surface area (Å²) in [5, 5.41) is 6.32. The van der Waals surface area contributed by atoms with E-state index in [-0.39, 0.29) is 18.0 Å². The van der Waals surface area contributed by atoms with Crippen LogP contribution in [0.1, 0.15) is 13.3 Å². The van der Waals surface area contributed by atoms with Crippen LogP contribution in [0.15, 0.2) is 0 Å². The number of hydrogen-bond acceptors (Lipinski definition) is 3. The van der Waals surface area contributed by atoms with Gasteiger partial charge in [-0.1, -0.05) is 0 Å². The minimum absolute atomic E-state index is 0.154. The number of nitrogens with one attached hydrogen (secondary N) is 2. The zero-order valence-corrected chi connectivity index (χ0v) is 7.99. The summed E-state index contributed by atoms with van der Waals surface area (Å²) in [6.07, 6.45) is 1.29. The number of rotatable bonds is 0. The highest BCUT2D eigenvalue weighted by Gasteiger charge is 2.35. The van der Waals surface area contributed by atoms with Crippen LogP contribution in [0.3, 0.4) is 0 Å². The lowest BCUT2D eigenvalue weighted by atomic mass is 9.95. The molecule has 1 amide bonds. The van der Waals surface area contributed by atoms with E-state index in [9.17, 15) is 4.79 Å². The second kappa shape index (κ2) is 3.26. The maximum Gasteiger partial charge on any atom is 0.226 e. The molecule has 12 heavy (non-hydrogen) atoms. The van der Waals surface area contributed by atoms with Gasteiger partial charge in [-0.2, -0.15) is 11.8 Å². The predicted molar refractivity (Wildman–Crippen MR) is 50.0 cm³/mol. The maximum atomic E-state index is 11.5. The van der Waals surface area contributed by atoms with Crippen LogP contribution < -0.4 is 10.6 Å². The Hall–Kier alpha value is -0.220. The third-order valence-corrected chi connectivity index (χ3v) is 3.64. The smallest absolute Gasteiger partial charge is 0.226 e. The molecule has 2 heterocycles. The normalized spacial score (nSPS) is 41.8. The molecule has 2 rings (SSSR count). The van der Waals surface area contributed by atoms with E-state index in [0.717, 1.165) is 12.2 Å². The fourth-order valence-corrected chi connectivity index (χ4v) is 3.10. The first-order valence-corrected chi connectivity index (χ1v) is 5.57. The summed E-state index contributed by atoms with van der Waals surface area (Å²) in [5.41, 5.74) is 0. The van der Waals surface area contributed by atoms with Crippen molar-refractivity contribution in [3.8, 4) is 0 Å². The highest BCUT2D eigenvalue weighted by molar-refractivity contribution is 7.99. The molecule has 3 atom stereocenters. The Morgan fingerprint density at radius 2 is 2.42 bits per heavy atom. The molecule has 4 heteroatoms. The SMILES string of the molecule is CC1NC(=O)C2CSCCC2N1. The molecule has 0 aliphatic carbocycles. The van der Waals surface area contributed by atoms with Gasteiger partial charge in [-0.25, -0.2) is 0 Å². The molecule has 0 aromatic heterocycles. The van der Waals surface area contributed by atoms with E-state index in [1.807, 2.05) is 18.7 Å². The summed E-state index contributed by atoms with van der Waals surface area (Å²) < 4.78 is 0. The molecule has 0 saturated carbocycles. The van der Waals surface area contributed by atoms with E-state index in [2.05, 4.69) is 10.6 Å². The predicted octanol–water partition coefficient (Wildman–Crippen LogP) is 0.173. The first kappa shape index (κ1) is 8.38. The third kappa shape index (κ3) is 1.45. The number of thioether (sulfide) groups is 1. The van der Waals surface area contributed by atoms with Crippen LogP contribution in [0.2, 0.25) is 0 Å². The van der Waals surface area contributed by atoms with Gasteiger partial charge in [0.15, 0.2) is 0 Å². The molecule has 2 N–H and O–H groups in total. The largest absolute Gasteiger partial charge is 0.341 e. The minimum atomic E-state index is 0.154. The second-order valence-electron chi connectivity index (χ2n) is 3.47. The molecule has 68 valence electrons. The van der Waals surface area contributed by atoms with Crippen LogP contribution in [-0.4, -0.2) is 29.6 Å². The van der Waals surface area contributed by atoms with Crippen LogP contribution in [0.25, 0.3) is 0 Å². The average Bonchev–Trinajstić information content (AvgIpc) is 2.04. The van der Waals surface area contributed by atoms with E-state index in [1.165, 1.54) is 5.75 Å². The first-order valence-electron chi connectivity index (χ1n) is 4.41. The summed E-state index contributed by atoms with van der Waals surface area (Å²) in [5.74, 6) is 2.61. The maximum absolute atomic E-state index is 11.5. The van der Waals surface area contributed by atoms with Gasteiger partial charge in [0, 0.05) is 11.8 Å². The Bertz CT molecular complexity index is 197. The Labute approximate surface area is 76.7 Å². The summed E-state index contributed by atoms with van der Waals surface area (Å²) in [6, 6.07) is 0.426. The van der Waals surface area contributed by atoms with Crippen LogP contribution in [0.5, 0.6) is 0 Å². The van der Waals surface area contributed by atoms with Crippen molar-refractivity contribution in [2.45, 2.75) is 25.6 Å². The van der Waals surface area contributed by atoms with Crippen molar-refractivity contribution in [1.29, 1.82) is 0 Å². The zero-order chi connectivity index (χ0) is 8.55. The van der Waals surface area contributed by atoms with Crippen molar-refractivity contribution in [3.63, 3.8) is 0 Å². The summed E-state index contributed by atoms with van der Waals surface area (Å²) in [4.78, 5) is 11.5. The molecule has 0 spiro atoms. The number of carbonyl (C=O) groups is 1. The standard InChI is InChI=1S/C8H14N2OS/c1-5-9-7-2-3-12-4-6(7)8(11)10-5/h5-7,9H,2-4H2,1H3,(H,10,11). The highest BCUT2D eigenvalue weighted by atomic mass is 32.2. The van der Waals surface area contributed by atoms with Gasteiger partial charge in [-0.3, -0.25) is 10.1 Å². The quantitative estimate of drug-likeness (QED) is 0.567. The Morgan fingerprint density at radius 3 is 3.25 bits per heavy atom. The lowest BCUT2D eigenvalue weighted by molar-refractivity contribution is -0.128. The molecule has 2 aliphatic rings. The lowest BCUT2D eigenvalue weighted by Gasteiger charge is -2.38.